The number of piperidine rings is 1. The van der Waals surface area contributed by atoms with Gasteiger partial charge in [0, 0.05) is 18.7 Å². The lowest BCUT2D eigenvalue weighted by Crippen LogP contribution is -2.45. The van der Waals surface area contributed by atoms with Gasteiger partial charge in [-0.05, 0) is 62.3 Å². The van der Waals surface area contributed by atoms with E-state index in [1.165, 1.54) is 23.5 Å². The Morgan fingerprint density at radius 3 is 2.76 bits per heavy atom. The second kappa shape index (κ2) is 8.37. The van der Waals surface area contributed by atoms with Crippen LogP contribution in [0.1, 0.15) is 43.4 Å². The number of carbonyl (C=O) groups is 2. The Labute approximate surface area is 196 Å². The van der Waals surface area contributed by atoms with Crippen molar-refractivity contribution in [2.75, 3.05) is 13.1 Å². The molecule has 1 aliphatic heterocycles. The molecule has 3 aromatic rings. The third-order valence-electron chi connectivity index (χ3n) is 6.76. The van der Waals surface area contributed by atoms with Crippen molar-refractivity contribution in [3.8, 4) is 10.4 Å². The summed E-state index contributed by atoms with van der Waals surface area (Å²) in [5.41, 5.74) is 3.28. The predicted octanol–water partition coefficient (Wildman–Crippen LogP) is 4.76. The van der Waals surface area contributed by atoms with Gasteiger partial charge in [0.25, 0.3) is 11.8 Å². The Morgan fingerprint density at radius 1 is 1.18 bits per heavy atom. The molecule has 1 unspecified atom stereocenters. The standard InChI is InChI=1S/C26H26FN3O2S/c1-14-6-4-7-17(10-14)24-23(29-16(3)33-24)26(32)30-13-18-11-20(18)22(30)12-28-25(31)19-8-5-9-21(27)15(19)2/h4-10,18,20,22H,11-13H2,1-3H3,(H,28,31)/t18-,20?,22-/m1/s1. The summed E-state index contributed by atoms with van der Waals surface area (Å²) in [6, 6.07) is 12.5. The summed E-state index contributed by atoms with van der Waals surface area (Å²) >= 11 is 1.53. The molecule has 2 amide bonds. The lowest BCUT2D eigenvalue weighted by molar-refractivity contribution is 0.0690. The summed E-state index contributed by atoms with van der Waals surface area (Å²) in [5, 5.41) is 3.80. The van der Waals surface area contributed by atoms with Crippen molar-refractivity contribution in [3.05, 3.63) is 75.7 Å². The molecule has 170 valence electrons. The molecule has 1 saturated carbocycles. The first kappa shape index (κ1) is 21.8. The molecule has 3 atom stereocenters. The average Bonchev–Trinajstić information content (AvgIpc) is 3.30. The third kappa shape index (κ3) is 4.06. The fraction of sp³-hybridized carbons (Fsp3) is 0.346. The van der Waals surface area contributed by atoms with Crippen LogP contribution >= 0.6 is 11.3 Å². The number of hydrogen-bond acceptors (Lipinski definition) is 4. The van der Waals surface area contributed by atoms with Crippen LogP contribution in [0.4, 0.5) is 4.39 Å². The first-order chi connectivity index (χ1) is 15.8. The van der Waals surface area contributed by atoms with Crippen molar-refractivity contribution in [2.45, 2.75) is 33.2 Å². The zero-order chi connectivity index (χ0) is 23.3. The molecular formula is C26H26FN3O2S. The number of hydrogen-bond donors (Lipinski definition) is 1. The van der Waals surface area contributed by atoms with Gasteiger partial charge in [-0.15, -0.1) is 11.3 Å². The highest BCUT2D eigenvalue weighted by atomic mass is 32.1. The van der Waals surface area contributed by atoms with Crippen LogP contribution in [-0.2, 0) is 0 Å². The largest absolute Gasteiger partial charge is 0.350 e. The Balaban J connectivity index is 1.36. The van der Waals surface area contributed by atoms with Gasteiger partial charge in [0.05, 0.1) is 15.9 Å². The number of aromatic nitrogens is 1. The van der Waals surface area contributed by atoms with Crippen molar-refractivity contribution in [3.63, 3.8) is 0 Å². The van der Waals surface area contributed by atoms with E-state index in [9.17, 15) is 14.0 Å². The molecule has 1 N–H and O–H groups in total. The van der Waals surface area contributed by atoms with E-state index in [0.29, 0.717) is 41.7 Å². The number of halogens is 1. The van der Waals surface area contributed by atoms with Crippen molar-refractivity contribution in [1.29, 1.82) is 0 Å². The van der Waals surface area contributed by atoms with E-state index >= 15 is 0 Å². The number of carbonyl (C=O) groups excluding carboxylic acids is 2. The van der Waals surface area contributed by atoms with Crippen molar-refractivity contribution in [1.82, 2.24) is 15.2 Å². The highest BCUT2D eigenvalue weighted by Gasteiger charge is 2.54. The van der Waals surface area contributed by atoms with Crippen LogP contribution in [-0.4, -0.2) is 40.8 Å². The summed E-state index contributed by atoms with van der Waals surface area (Å²) < 4.78 is 13.9. The number of thiazole rings is 1. The molecular weight excluding hydrogens is 437 g/mol. The number of amides is 2. The zero-order valence-corrected chi connectivity index (χ0v) is 19.7. The molecule has 2 fully saturated rings. The summed E-state index contributed by atoms with van der Waals surface area (Å²) in [6.07, 6.45) is 1.07. The van der Waals surface area contributed by atoms with Crippen LogP contribution in [0.2, 0.25) is 0 Å². The predicted molar refractivity (Wildman–Crippen MR) is 127 cm³/mol. The van der Waals surface area contributed by atoms with Gasteiger partial charge in [-0.2, -0.15) is 0 Å². The molecule has 33 heavy (non-hydrogen) atoms. The number of nitrogens with one attached hydrogen (secondary N) is 1. The Hall–Kier alpha value is -3.06. The molecule has 5 rings (SSSR count). The van der Waals surface area contributed by atoms with E-state index in [2.05, 4.69) is 16.4 Å². The molecule has 0 bridgehead atoms. The highest BCUT2D eigenvalue weighted by molar-refractivity contribution is 7.15. The molecule has 0 spiro atoms. The van der Waals surface area contributed by atoms with Gasteiger partial charge in [-0.25, -0.2) is 9.37 Å². The van der Waals surface area contributed by atoms with E-state index in [0.717, 1.165) is 27.4 Å². The maximum absolute atomic E-state index is 13.9. The van der Waals surface area contributed by atoms with Crippen molar-refractivity contribution in [2.24, 2.45) is 11.8 Å². The van der Waals surface area contributed by atoms with Crippen LogP contribution < -0.4 is 5.32 Å². The van der Waals surface area contributed by atoms with E-state index in [-0.39, 0.29) is 17.9 Å². The molecule has 2 heterocycles. The second-order valence-electron chi connectivity index (χ2n) is 9.09. The summed E-state index contributed by atoms with van der Waals surface area (Å²) in [6.45, 7) is 6.59. The number of rotatable bonds is 5. The van der Waals surface area contributed by atoms with Gasteiger partial charge >= 0.3 is 0 Å². The van der Waals surface area contributed by atoms with E-state index < -0.39 is 5.82 Å². The third-order valence-corrected chi connectivity index (χ3v) is 7.78. The SMILES string of the molecule is Cc1cccc(-c2sc(C)nc2C(=O)N2C[C@H]3CC3[C@H]2CNC(=O)c2cccc(F)c2C)c1. The second-order valence-corrected chi connectivity index (χ2v) is 10.3. The molecule has 2 aromatic carbocycles. The first-order valence-corrected chi connectivity index (χ1v) is 12.0. The quantitative estimate of drug-likeness (QED) is 0.593. The molecule has 7 heteroatoms. The van der Waals surface area contributed by atoms with Gasteiger partial charge in [-0.3, -0.25) is 9.59 Å². The maximum Gasteiger partial charge on any atom is 0.274 e. The molecule has 1 saturated heterocycles. The fourth-order valence-corrected chi connectivity index (χ4v) is 5.81. The lowest BCUT2D eigenvalue weighted by Gasteiger charge is -2.27. The monoisotopic (exact) mass is 463 g/mol. The summed E-state index contributed by atoms with van der Waals surface area (Å²) in [7, 11) is 0. The molecule has 2 aliphatic rings. The van der Waals surface area contributed by atoms with Crippen LogP contribution in [0, 0.1) is 38.4 Å². The van der Waals surface area contributed by atoms with Crippen molar-refractivity contribution >= 4 is 23.2 Å². The minimum atomic E-state index is -0.398. The molecule has 0 radical (unpaired) electrons. The molecule has 1 aromatic heterocycles. The van der Waals surface area contributed by atoms with Crippen molar-refractivity contribution < 1.29 is 14.0 Å². The van der Waals surface area contributed by atoms with Gasteiger partial charge in [0.1, 0.15) is 11.5 Å². The smallest absolute Gasteiger partial charge is 0.274 e. The average molecular weight is 464 g/mol. The topological polar surface area (TPSA) is 62.3 Å². The molecule has 5 nitrogen and oxygen atoms in total. The minimum Gasteiger partial charge on any atom is -0.350 e. The number of nitrogens with zero attached hydrogens (tertiary/aromatic N) is 2. The Morgan fingerprint density at radius 2 is 1.97 bits per heavy atom. The Kier molecular flexibility index (Phi) is 5.52. The minimum absolute atomic E-state index is 0.0762. The number of benzene rings is 2. The van der Waals surface area contributed by atoms with Gasteiger partial charge < -0.3 is 10.2 Å². The first-order valence-electron chi connectivity index (χ1n) is 11.2. The van der Waals surface area contributed by atoms with Crippen LogP contribution in [0.25, 0.3) is 10.4 Å². The van der Waals surface area contributed by atoms with Gasteiger partial charge in [0.2, 0.25) is 0 Å². The van der Waals surface area contributed by atoms with Crippen LogP contribution in [0.5, 0.6) is 0 Å². The van der Waals surface area contributed by atoms with E-state index in [4.69, 9.17) is 0 Å². The van der Waals surface area contributed by atoms with Crippen LogP contribution in [0.3, 0.4) is 0 Å². The maximum atomic E-state index is 13.9. The van der Waals surface area contributed by atoms with Gasteiger partial charge in [-0.1, -0.05) is 35.9 Å². The van der Waals surface area contributed by atoms with E-state index in [1.54, 1.807) is 13.0 Å². The Bertz CT molecular complexity index is 1250. The number of fused-ring (bicyclic) bond motifs is 1. The number of aryl methyl sites for hydroxylation is 2. The zero-order valence-electron chi connectivity index (χ0n) is 18.9. The molecule has 1 aliphatic carbocycles. The van der Waals surface area contributed by atoms with Crippen LogP contribution in [0.15, 0.2) is 42.5 Å². The number of likely N-dealkylation sites (tertiary alicyclic amines) is 1. The van der Waals surface area contributed by atoms with E-state index in [1.807, 2.05) is 36.9 Å². The summed E-state index contributed by atoms with van der Waals surface area (Å²) in [5.74, 6) is 0.0850. The fourth-order valence-electron chi connectivity index (χ4n) is 4.90. The van der Waals surface area contributed by atoms with Gasteiger partial charge in [0.15, 0.2) is 0 Å². The highest BCUT2D eigenvalue weighted by Crippen LogP contribution is 2.50. The summed E-state index contributed by atoms with van der Waals surface area (Å²) in [4.78, 5) is 33.7. The lowest BCUT2D eigenvalue weighted by atomic mass is 10.1. The normalized spacial score (nSPS) is 21.1.